The van der Waals surface area contributed by atoms with Gasteiger partial charge in [0, 0.05) is 18.8 Å². The second-order valence-corrected chi connectivity index (χ2v) is 5.33. The van der Waals surface area contributed by atoms with Gasteiger partial charge in [-0.25, -0.2) is 0 Å². The van der Waals surface area contributed by atoms with Crippen LogP contribution in [0.5, 0.6) is 0 Å². The van der Waals surface area contributed by atoms with E-state index in [1.165, 1.54) is 29.3 Å². The molecule has 0 spiro atoms. The highest BCUT2D eigenvalue weighted by Gasteiger charge is 2.19. The summed E-state index contributed by atoms with van der Waals surface area (Å²) in [4.78, 5) is 0. The van der Waals surface area contributed by atoms with Crippen molar-refractivity contribution < 1.29 is 0 Å². The molecule has 0 fully saturated rings. The Morgan fingerprint density at radius 2 is 1.94 bits per heavy atom. The second-order valence-electron chi connectivity index (χ2n) is 5.33. The largest absolute Gasteiger partial charge is 0.351 e. The summed E-state index contributed by atoms with van der Waals surface area (Å²) in [5, 5.41) is 1.35. The minimum Gasteiger partial charge on any atom is -0.351 e. The monoisotopic (exact) mass is 215 g/mol. The van der Waals surface area contributed by atoms with Crippen molar-refractivity contribution in [2.24, 2.45) is 7.05 Å². The summed E-state index contributed by atoms with van der Waals surface area (Å²) in [6.45, 7) is 6.92. The quantitative estimate of drug-likeness (QED) is 0.721. The van der Waals surface area contributed by atoms with Crippen LogP contribution in [0.3, 0.4) is 0 Å². The predicted octanol–water partition coefficient (Wildman–Crippen LogP) is 4.26. The van der Waals surface area contributed by atoms with Crippen LogP contribution in [0.2, 0.25) is 0 Å². The fourth-order valence-electron chi connectivity index (χ4n) is 2.47. The molecule has 86 valence electrons. The van der Waals surface area contributed by atoms with E-state index in [1.54, 1.807) is 0 Å². The lowest BCUT2D eigenvalue weighted by molar-refractivity contribution is 0.473. The third-order valence-electron chi connectivity index (χ3n) is 3.54. The SMILES string of the molecule is CCCC(C)(C)c1ccc2c(ccn2C)c1. The van der Waals surface area contributed by atoms with Crippen LogP contribution in [-0.4, -0.2) is 4.57 Å². The van der Waals surface area contributed by atoms with Crippen LogP contribution in [0.25, 0.3) is 10.9 Å². The molecule has 1 heterocycles. The van der Waals surface area contributed by atoms with Gasteiger partial charge in [-0.05, 0) is 41.0 Å². The summed E-state index contributed by atoms with van der Waals surface area (Å²) in [5.41, 5.74) is 3.06. The average molecular weight is 215 g/mol. The molecule has 0 atom stereocenters. The highest BCUT2D eigenvalue weighted by molar-refractivity contribution is 5.81. The van der Waals surface area contributed by atoms with Gasteiger partial charge >= 0.3 is 0 Å². The Morgan fingerprint density at radius 1 is 1.19 bits per heavy atom. The van der Waals surface area contributed by atoms with Crippen LogP contribution >= 0.6 is 0 Å². The normalized spacial score (nSPS) is 12.2. The first-order valence-corrected chi connectivity index (χ1v) is 6.10. The average Bonchev–Trinajstić information content (AvgIpc) is 2.60. The molecule has 0 radical (unpaired) electrons. The van der Waals surface area contributed by atoms with Gasteiger partial charge in [-0.15, -0.1) is 0 Å². The standard InChI is InChI=1S/C15H21N/c1-5-9-15(2,3)13-6-7-14-12(11-13)8-10-16(14)4/h6-8,10-11H,5,9H2,1-4H3. The Hall–Kier alpha value is -1.24. The van der Waals surface area contributed by atoms with Gasteiger partial charge in [-0.1, -0.05) is 33.3 Å². The van der Waals surface area contributed by atoms with Crippen molar-refractivity contribution in [3.05, 3.63) is 36.0 Å². The fraction of sp³-hybridized carbons (Fsp3) is 0.467. The summed E-state index contributed by atoms with van der Waals surface area (Å²) in [6.07, 6.45) is 4.60. The van der Waals surface area contributed by atoms with Gasteiger partial charge in [-0.3, -0.25) is 0 Å². The first-order valence-electron chi connectivity index (χ1n) is 6.10. The lowest BCUT2D eigenvalue weighted by Crippen LogP contribution is -2.16. The third kappa shape index (κ3) is 1.87. The number of fused-ring (bicyclic) bond motifs is 1. The van der Waals surface area contributed by atoms with Gasteiger partial charge in [0.15, 0.2) is 0 Å². The minimum atomic E-state index is 0.290. The van der Waals surface area contributed by atoms with Crippen molar-refractivity contribution in [1.29, 1.82) is 0 Å². The Labute approximate surface area is 98.1 Å². The van der Waals surface area contributed by atoms with E-state index in [4.69, 9.17) is 0 Å². The number of aromatic nitrogens is 1. The zero-order valence-corrected chi connectivity index (χ0v) is 10.7. The van der Waals surface area contributed by atoms with Crippen LogP contribution in [0.4, 0.5) is 0 Å². The summed E-state index contributed by atoms with van der Waals surface area (Å²) < 4.78 is 2.17. The Morgan fingerprint density at radius 3 is 2.62 bits per heavy atom. The number of aryl methyl sites for hydroxylation is 1. The maximum atomic E-state index is 2.34. The molecule has 1 aromatic heterocycles. The van der Waals surface area contributed by atoms with Crippen LogP contribution in [0.1, 0.15) is 39.2 Å². The molecule has 0 N–H and O–H groups in total. The molecule has 16 heavy (non-hydrogen) atoms. The van der Waals surface area contributed by atoms with Crippen molar-refractivity contribution in [2.75, 3.05) is 0 Å². The molecule has 0 aliphatic heterocycles. The summed E-state index contributed by atoms with van der Waals surface area (Å²) in [7, 11) is 2.10. The van der Waals surface area contributed by atoms with Gasteiger partial charge in [0.2, 0.25) is 0 Å². The van der Waals surface area contributed by atoms with Crippen molar-refractivity contribution in [3.8, 4) is 0 Å². The first-order chi connectivity index (χ1) is 7.54. The molecule has 0 aliphatic rings. The van der Waals surface area contributed by atoms with Gasteiger partial charge in [0.25, 0.3) is 0 Å². The van der Waals surface area contributed by atoms with Crippen molar-refractivity contribution >= 4 is 10.9 Å². The molecule has 0 bridgehead atoms. The summed E-state index contributed by atoms with van der Waals surface area (Å²) in [5.74, 6) is 0. The van der Waals surface area contributed by atoms with E-state index >= 15 is 0 Å². The van der Waals surface area contributed by atoms with Crippen LogP contribution in [0.15, 0.2) is 30.5 Å². The highest BCUT2D eigenvalue weighted by Crippen LogP contribution is 2.30. The minimum absolute atomic E-state index is 0.290. The lowest BCUT2D eigenvalue weighted by atomic mass is 9.80. The van der Waals surface area contributed by atoms with E-state index in [-0.39, 0.29) is 0 Å². The number of nitrogens with zero attached hydrogens (tertiary/aromatic N) is 1. The molecule has 0 saturated heterocycles. The van der Waals surface area contributed by atoms with E-state index in [2.05, 4.69) is 62.8 Å². The predicted molar refractivity (Wildman–Crippen MR) is 70.9 cm³/mol. The van der Waals surface area contributed by atoms with Crippen molar-refractivity contribution in [3.63, 3.8) is 0 Å². The lowest BCUT2D eigenvalue weighted by Gasteiger charge is -2.24. The third-order valence-corrected chi connectivity index (χ3v) is 3.54. The molecule has 2 aromatic rings. The Kier molecular flexibility index (Phi) is 2.79. The molecule has 1 nitrogen and oxygen atoms in total. The number of hydrogen-bond donors (Lipinski definition) is 0. The van der Waals surface area contributed by atoms with Crippen LogP contribution in [0, 0.1) is 0 Å². The van der Waals surface area contributed by atoms with Gasteiger partial charge in [-0.2, -0.15) is 0 Å². The van der Waals surface area contributed by atoms with E-state index in [1.807, 2.05) is 0 Å². The van der Waals surface area contributed by atoms with Gasteiger partial charge in [0.1, 0.15) is 0 Å². The molecule has 0 unspecified atom stereocenters. The number of benzene rings is 1. The van der Waals surface area contributed by atoms with Gasteiger partial charge in [0.05, 0.1) is 0 Å². The highest BCUT2D eigenvalue weighted by atomic mass is 14.9. The smallest absolute Gasteiger partial charge is 0.0477 e. The van der Waals surface area contributed by atoms with E-state index < -0.39 is 0 Å². The maximum Gasteiger partial charge on any atom is 0.0477 e. The molecular formula is C15H21N. The molecule has 0 aliphatic carbocycles. The van der Waals surface area contributed by atoms with Crippen molar-refractivity contribution in [1.82, 2.24) is 4.57 Å². The van der Waals surface area contributed by atoms with Crippen LogP contribution < -0.4 is 0 Å². The zero-order valence-electron chi connectivity index (χ0n) is 10.7. The molecular weight excluding hydrogens is 194 g/mol. The van der Waals surface area contributed by atoms with Crippen molar-refractivity contribution in [2.45, 2.75) is 39.0 Å². The molecule has 0 saturated carbocycles. The Bertz CT molecular complexity index is 491. The number of rotatable bonds is 3. The number of hydrogen-bond acceptors (Lipinski definition) is 0. The second kappa shape index (κ2) is 3.97. The fourth-order valence-corrected chi connectivity index (χ4v) is 2.47. The molecule has 0 amide bonds. The topological polar surface area (TPSA) is 4.93 Å². The van der Waals surface area contributed by atoms with Gasteiger partial charge < -0.3 is 4.57 Å². The van der Waals surface area contributed by atoms with E-state index in [9.17, 15) is 0 Å². The van der Waals surface area contributed by atoms with E-state index in [0.717, 1.165) is 0 Å². The maximum absolute atomic E-state index is 2.34. The molecule has 1 aromatic carbocycles. The Balaban J connectivity index is 2.46. The first kappa shape index (κ1) is 11.3. The van der Waals surface area contributed by atoms with E-state index in [0.29, 0.717) is 5.41 Å². The molecule has 2 rings (SSSR count). The summed E-state index contributed by atoms with van der Waals surface area (Å²) in [6, 6.07) is 9.05. The van der Waals surface area contributed by atoms with Crippen LogP contribution in [-0.2, 0) is 12.5 Å². The molecule has 1 heteroatoms. The summed E-state index contributed by atoms with van der Waals surface area (Å²) >= 11 is 0. The zero-order chi connectivity index (χ0) is 11.8.